The minimum Gasteiger partial charge on any atom is -0.305 e. The Balaban J connectivity index is 2.02. The molecule has 0 aliphatic heterocycles. The number of H-pyrrole nitrogens is 1. The molecule has 0 saturated carbocycles. The molecule has 1 heterocycles. The first-order valence-electron chi connectivity index (χ1n) is 6.77. The second-order valence-electron chi connectivity index (χ2n) is 4.86. The van der Waals surface area contributed by atoms with Gasteiger partial charge in [0.05, 0.1) is 15.8 Å². The van der Waals surface area contributed by atoms with Gasteiger partial charge in [-0.05, 0) is 18.2 Å². The van der Waals surface area contributed by atoms with Crippen LogP contribution in [0.15, 0.2) is 58.1 Å². The molecular weight excluding hydrogens is 316 g/mol. The zero-order valence-electron chi connectivity index (χ0n) is 12.1. The van der Waals surface area contributed by atoms with E-state index in [1.807, 2.05) is 0 Å². The standard InChI is InChI=1S/C15H10N4O5/c20-13(9-4-3-5-10(8-9)19(23)24)17-18-14(21)11-6-1-2-7-12(11)16-15(18)22/h1-8H,(H,16,22)(H,17,20). The molecule has 0 atom stereocenters. The van der Waals surface area contributed by atoms with Crippen LogP contribution in [0.25, 0.3) is 10.9 Å². The maximum absolute atomic E-state index is 12.3. The number of carbonyl (C=O) groups excluding carboxylic acids is 1. The summed E-state index contributed by atoms with van der Waals surface area (Å²) in [6.45, 7) is 0. The van der Waals surface area contributed by atoms with Gasteiger partial charge in [-0.15, -0.1) is 0 Å². The van der Waals surface area contributed by atoms with Crippen molar-refractivity contribution in [3.05, 3.63) is 85.0 Å². The van der Waals surface area contributed by atoms with Crippen molar-refractivity contribution >= 4 is 22.5 Å². The Morgan fingerprint density at radius 3 is 2.62 bits per heavy atom. The molecule has 24 heavy (non-hydrogen) atoms. The zero-order chi connectivity index (χ0) is 17.3. The summed E-state index contributed by atoms with van der Waals surface area (Å²) in [5.41, 5.74) is 0.643. The van der Waals surface area contributed by atoms with Crippen LogP contribution in [0.1, 0.15) is 10.4 Å². The number of hydrogen-bond acceptors (Lipinski definition) is 5. The largest absolute Gasteiger partial charge is 0.348 e. The molecule has 2 aromatic carbocycles. The Bertz CT molecular complexity index is 1080. The number of nitro groups is 1. The fourth-order valence-corrected chi connectivity index (χ4v) is 2.19. The normalized spacial score (nSPS) is 10.5. The predicted molar refractivity (Wildman–Crippen MR) is 85.6 cm³/mol. The Labute approximate surface area is 133 Å². The van der Waals surface area contributed by atoms with Crippen LogP contribution in [-0.2, 0) is 0 Å². The zero-order valence-corrected chi connectivity index (χ0v) is 12.1. The first-order chi connectivity index (χ1) is 11.5. The molecule has 0 bridgehead atoms. The SMILES string of the molecule is O=C(Nn1c(=O)[nH]c2ccccc2c1=O)c1cccc([N+](=O)[O-])c1. The second kappa shape index (κ2) is 5.80. The Morgan fingerprint density at radius 1 is 1.12 bits per heavy atom. The van der Waals surface area contributed by atoms with Crippen molar-refractivity contribution in [1.29, 1.82) is 0 Å². The van der Waals surface area contributed by atoms with Crippen LogP contribution in [0, 0.1) is 10.1 Å². The van der Waals surface area contributed by atoms with Crippen LogP contribution >= 0.6 is 0 Å². The molecule has 3 rings (SSSR count). The number of rotatable bonds is 3. The van der Waals surface area contributed by atoms with Gasteiger partial charge >= 0.3 is 5.69 Å². The fourth-order valence-electron chi connectivity index (χ4n) is 2.19. The molecule has 0 aliphatic rings. The van der Waals surface area contributed by atoms with Crippen molar-refractivity contribution in [2.45, 2.75) is 0 Å². The number of aromatic amines is 1. The van der Waals surface area contributed by atoms with E-state index < -0.39 is 22.1 Å². The second-order valence-corrected chi connectivity index (χ2v) is 4.86. The van der Waals surface area contributed by atoms with Crippen LogP contribution in [0.5, 0.6) is 0 Å². The first kappa shape index (κ1) is 15.2. The number of carbonyl (C=O) groups is 1. The molecule has 9 heteroatoms. The van der Waals surface area contributed by atoms with Gasteiger partial charge in [-0.2, -0.15) is 4.68 Å². The number of fused-ring (bicyclic) bond motifs is 1. The predicted octanol–water partition coefficient (Wildman–Crippen LogP) is 0.982. The molecule has 2 N–H and O–H groups in total. The van der Waals surface area contributed by atoms with Gasteiger partial charge in [0.25, 0.3) is 17.2 Å². The fraction of sp³-hybridized carbons (Fsp3) is 0. The van der Waals surface area contributed by atoms with Crippen molar-refractivity contribution < 1.29 is 9.72 Å². The van der Waals surface area contributed by atoms with Crippen LogP contribution in [0.2, 0.25) is 0 Å². The summed E-state index contributed by atoms with van der Waals surface area (Å²) in [7, 11) is 0. The Kier molecular flexibility index (Phi) is 3.66. The minimum absolute atomic E-state index is 0.0522. The summed E-state index contributed by atoms with van der Waals surface area (Å²) in [5.74, 6) is -0.818. The van der Waals surface area contributed by atoms with Crippen LogP contribution in [0.3, 0.4) is 0 Å². The van der Waals surface area contributed by atoms with Crippen LogP contribution < -0.4 is 16.7 Å². The Hall–Kier alpha value is -3.75. The van der Waals surface area contributed by atoms with E-state index in [0.29, 0.717) is 10.2 Å². The van der Waals surface area contributed by atoms with E-state index in [0.717, 1.165) is 6.07 Å². The molecule has 0 spiro atoms. The molecule has 1 aromatic heterocycles. The maximum Gasteiger partial charge on any atom is 0.348 e. The molecular formula is C15H10N4O5. The van der Waals surface area contributed by atoms with Gasteiger partial charge in [0.15, 0.2) is 0 Å². The molecule has 3 aromatic rings. The van der Waals surface area contributed by atoms with Crippen molar-refractivity contribution in [2.75, 3.05) is 5.43 Å². The lowest BCUT2D eigenvalue weighted by atomic mass is 10.2. The number of non-ortho nitro benzene ring substituents is 1. The number of amides is 1. The quantitative estimate of drug-likeness (QED) is 0.548. The van der Waals surface area contributed by atoms with E-state index in [-0.39, 0.29) is 16.6 Å². The van der Waals surface area contributed by atoms with Gasteiger partial charge < -0.3 is 4.98 Å². The number of nitro benzene ring substituents is 1. The summed E-state index contributed by atoms with van der Waals surface area (Å²) in [4.78, 5) is 49.1. The molecule has 120 valence electrons. The summed E-state index contributed by atoms with van der Waals surface area (Å²) in [6.07, 6.45) is 0. The van der Waals surface area contributed by atoms with Gasteiger partial charge in [-0.25, -0.2) is 4.79 Å². The van der Waals surface area contributed by atoms with Gasteiger partial charge in [0.2, 0.25) is 0 Å². The summed E-state index contributed by atoms with van der Waals surface area (Å²) >= 11 is 0. The monoisotopic (exact) mass is 326 g/mol. The lowest BCUT2D eigenvalue weighted by molar-refractivity contribution is -0.384. The third-order valence-corrected chi connectivity index (χ3v) is 3.34. The highest BCUT2D eigenvalue weighted by atomic mass is 16.6. The molecule has 0 saturated heterocycles. The third kappa shape index (κ3) is 2.65. The number of hydrogen-bond donors (Lipinski definition) is 2. The smallest absolute Gasteiger partial charge is 0.305 e. The number of benzene rings is 2. The van der Waals surface area contributed by atoms with E-state index >= 15 is 0 Å². The van der Waals surface area contributed by atoms with Crippen LogP contribution in [0.4, 0.5) is 5.69 Å². The van der Waals surface area contributed by atoms with Crippen molar-refractivity contribution in [3.8, 4) is 0 Å². The summed E-state index contributed by atoms with van der Waals surface area (Å²) in [5, 5.41) is 11.0. The number of nitrogens with zero attached hydrogens (tertiary/aromatic N) is 2. The van der Waals surface area contributed by atoms with Gasteiger partial charge in [0, 0.05) is 17.7 Å². The lowest BCUT2D eigenvalue weighted by Crippen LogP contribution is -2.43. The van der Waals surface area contributed by atoms with E-state index in [1.54, 1.807) is 18.2 Å². The minimum atomic E-state index is -0.822. The molecule has 1 amide bonds. The molecule has 9 nitrogen and oxygen atoms in total. The molecule has 0 aliphatic carbocycles. The van der Waals surface area contributed by atoms with Crippen LogP contribution in [-0.4, -0.2) is 20.5 Å². The lowest BCUT2D eigenvalue weighted by Gasteiger charge is -2.08. The Morgan fingerprint density at radius 2 is 1.88 bits per heavy atom. The van der Waals surface area contributed by atoms with E-state index in [2.05, 4.69) is 10.4 Å². The number of para-hydroxylation sites is 1. The highest BCUT2D eigenvalue weighted by molar-refractivity contribution is 6.00. The summed E-state index contributed by atoms with van der Waals surface area (Å²) < 4.78 is 0.531. The van der Waals surface area contributed by atoms with Gasteiger partial charge in [0.1, 0.15) is 0 Å². The maximum atomic E-state index is 12.3. The van der Waals surface area contributed by atoms with Crippen molar-refractivity contribution in [3.63, 3.8) is 0 Å². The van der Waals surface area contributed by atoms with Gasteiger partial charge in [-0.3, -0.25) is 25.1 Å². The summed E-state index contributed by atoms with van der Waals surface area (Å²) in [6, 6.07) is 11.3. The average molecular weight is 326 g/mol. The first-order valence-corrected chi connectivity index (χ1v) is 6.77. The van der Waals surface area contributed by atoms with E-state index in [9.17, 15) is 24.5 Å². The highest BCUT2D eigenvalue weighted by Gasteiger charge is 2.14. The molecule has 0 radical (unpaired) electrons. The van der Waals surface area contributed by atoms with Crippen molar-refractivity contribution in [1.82, 2.24) is 9.66 Å². The number of nitrogens with one attached hydrogen (secondary N) is 2. The third-order valence-electron chi connectivity index (χ3n) is 3.34. The van der Waals surface area contributed by atoms with E-state index in [4.69, 9.17) is 0 Å². The highest BCUT2D eigenvalue weighted by Crippen LogP contribution is 2.13. The topological polar surface area (TPSA) is 127 Å². The van der Waals surface area contributed by atoms with Gasteiger partial charge in [-0.1, -0.05) is 18.2 Å². The number of aromatic nitrogens is 2. The molecule has 0 fully saturated rings. The molecule has 0 unspecified atom stereocenters. The van der Waals surface area contributed by atoms with E-state index in [1.165, 1.54) is 24.3 Å². The average Bonchev–Trinajstić information content (AvgIpc) is 2.58. The van der Waals surface area contributed by atoms with Crippen molar-refractivity contribution in [2.24, 2.45) is 0 Å².